The third kappa shape index (κ3) is 5.34. The molecule has 3 aromatic rings. The number of amidine groups is 1. The summed E-state index contributed by atoms with van der Waals surface area (Å²) in [6.07, 6.45) is 0.579. The van der Waals surface area contributed by atoms with Crippen molar-refractivity contribution in [2.45, 2.75) is 31.1 Å². The number of hydrogen-bond donors (Lipinski definition) is 1. The second kappa shape index (κ2) is 10.2. The molecule has 0 spiro atoms. The highest BCUT2D eigenvalue weighted by Crippen LogP contribution is 2.39. The highest BCUT2D eigenvalue weighted by Gasteiger charge is 2.39. The van der Waals surface area contributed by atoms with Gasteiger partial charge in [0.1, 0.15) is 11.1 Å². The van der Waals surface area contributed by atoms with Gasteiger partial charge in [0, 0.05) is 23.6 Å². The van der Waals surface area contributed by atoms with Crippen molar-refractivity contribution in [3.63, 3.8) is 0 Å². The molecule has 5 rings (SSSR count). The number of carbonyl (C=O) groups is 2. The monoisotopic (exact) mass is 520 g/mol. The predicted octanol–water partition coefficient (Wildman–Crippen LogP) is 5.97. The number of nitrogens with one attached hydrogen (secondary N) is 1. The Bertz CT molecular complexity index is 1360. The Morgan fingerprint density at radius 1 is 1.08 bits per heavy atom. The number of aliphatic imine (C=N–C) groups is 1. The van der Waals surface area contributed by atoms with Crippen LogP contribution in [-0.4, -0.2) is 33.0 Å². The van der Waals surface area contributed by atoms with Crippen molar-refractivity contribution in [3.05, 3.63) is 100 Å². The molecule has 0 radical (unpaired) electrons. The normalized spacial score (nSPS) is 19.3. The summed E-state index contributed by atoms with van der Waals surface area (Å²) in [5, 5.41) is 9.76. The lowest BCUT2D eigenvalue weighted by Gasteiger charge is -2.23. The summed E-state index contributed by atoms with van der Waals surface area (Å²) < 4.78 is 13.1. The van der Waals surface area contributed by atoms with Gasteiger partial charge in [0.25, 0.3) is 5.91 Å². The first-order valence-corrected chi connectivity index (χ1v) is 12.7. The molecule has 1 N–H and O–H groups in total. The third-order valence-electron chi connectivity index (χ3n) is 5.97. The quantitative estimate of drug-likeness (QED) is 0.450. The van der Waals surface area contributed by atoms with E-state index in [1.807, 2.05) is 55.5 Å². The summed E-state index contributed by atoms with van der Waals surface area (Å²) in [6, 6.07) is 21.0. The molecule has 0 unspecified atom stereocenters. The van der Waals surface area contributed by atoms with E-state index in [1.54, 1.807) is 5.01 Å². The Balaban J connectivity index is 1.35. The summed E-state index contributed by atoms with van der Waals surface area (Å²) in [7, 11) is 0. The predicted molar refractivity (Wildman–Crippen MR) is 142 cm³/mol. The lowest BCUT2D eigenvalue weighted by molar-refractivity contribution is -0.121. The van der Waals surface area contributed by atoms with Crippen LogP contribution in [0.2, 0.25) is 5.02 Å². The van der Waals surface area contributed by atoms with Crippen molar-refractivity contribution < 1.29 is 14.0 Å². The van der Waals surface area contributed by atoms with Crippen molar-refractivity contribution in [2.75, 3.05) is 5.32 Å². The van der Waals surface area contributed by atoms with Gasteiger partial charge in [-0.1, -0.05) is 65.3 Å². The molecule has 0 aromatic heterocycles. The van der Waals surface area contributed by atoms with Gasteiger partial charge in [-0.25, -0.2) is 9.40 Å². The van der Waals surface area contributed by atoms with Crippen LogP contribution in [0.3, 0.4) is 0 Å². The molecule has 2 aliphatic heterocycles. The van der Waals surface area contributed by atoms with Crippen LogP contribution in [0.1, 0.15) is 35.6 Å². The average Bonchev–Trinajstić information content (AvgIpc) is 3.45. The number of amides is 2. The smallest absolute Gasteiger partial charge is 0.262 e. The number of benzene rings is 3. The average molecular weight is 521 g/mol. The molecule has 182 valence electrons. The number of anilines is 1. The van der Waals surface area contributed by atoms with Gasteiger partial charge in [0.05, 0.1) is 11.8 Å². The highest BCUT2D eigenvalue weighted by atomic mass is 35.5. The summed E-state index contributed by atoms with van der Waals surface area (Å²) >= 11 is 7.33. The number of halogens is 2. The fourth-order valence-electron chi connectivity index (χ4n) is 4.07. The molecule has 0 saturated carbocycles. The molecule has 2 aliphatic rings. The zero-order valence-corrected chi connectivity index (χ0v) is 20.9. The number of hydrogen-bond acceptors (Lipinski definition) is 5. The number of rotatable bonds is 5. The summed E-state index contributed by atoms with van der Waals surface area (Å²) in [6.45, 7) is 2.03. The van der Waals surface area contributed by atoms with E-state index in [4.69, 9.17) is 16.7 Å². The van der Waals surface area contributed by atoms with Gasteiger partial charge in [-0.2, -0.15) is 10.1 Å². The van der Waals surface area contributed by atoms with E-state index in [9.17, 15) is 14.0 Å². The van der Waals surface area contributed by atoms with Crippen LogP contribution >= 0.6 is 23.4 Å². The van der Waals surface area contributed by atoms with Crippen molar-refractivity contribution >= 4 is 51.7 Å². The maximum atomic E-state index is 13.1. The summed E-state index contributed by atoms with van der Waals surface area (Å²) in [5.41, 5.74) is 4.52. The maximum Gasteiger partial charge on any atom is 0.262 e. The van der Waals surface area contributed by atoms with E-state index in [-0.39, 0.29) is 30.1 Å². The number of nitrogens with zero attached hydrogens (tertiary/aromatic N) is 3. The molecule has 36 heavy (non-hydrogen) atoms. The molecular weight excluding hydrogens is 499 g/mol. The topological polar surface area (TPSA) is 74.1 Å². The van der Waals surface area contributed by atoms with Crippen molar-refractivity contribution in [2.24, 2.45) is 10.1 Å². The minimum absolute atomic E-state index is 0.0537. The number of thioether (sulfide) groups is 1. The summed E-state index contributed by atoms with van der Waals surface area (Å²) in [5.74, 6) is -1.11. The Morgan fingerprint density at radius 3 is 2.47 bits per heavy atom. The standard InChI is InChI=1S/C27H22ClFN4O2S/c1-16-2-4-17(5-3-16)22-14-23(18-6-8-19(28)9-7-18)33(32-22)27-31-26(35)24(36-27)15-25(34)30-21-12-10-20(29)11-13-21/h2-13,23-24H,14-15H2,1H3,(H,30,34)/t23-,24-/m1/s1. The molecule has 0 fully saturated rings. The van der Waals surface area contributed by atoms with Gasteiger partial charge in [0.15, 0.2) is 5.17 Å². The van der Waals surface area contributed by atoms with Gasteiger partial charge >= 0.3 is 0 Å². The largest absolute Gasteiger partial charge is 0.326 e. The Kier molecular flexibility index (Phi) is 6.89. The van der Waals surface area contributed by atoms with Crippen LogP contribution in [0.15, 0.2) is 82.9 Å². The lowest BCUT2D eigenvalue weighted by Crippen LogP contribution is -2.25. The summed E-state index contributed by atoms with van der Waals surface area (Å²) in [4.78, 5) is 29.5. The first kappa shape index (κ1) is 24.2. The van der Waals surface area contributed by atoms with E-state index < -0.39 is 5.25 Å². The Hall–Kier alpha value is -3.49. The fourth-order valence-corrected chi connectivity index (χ4v) is 5.26. The molecule has 0 saturated heterocycles. The van der Waals surface area contributed by atoms with Crippen LogP contribution in [-0.2, 0) is 9.59 Å². The fraction of sp³-hybridized carbons (Fsp3) is 0.185. The molecule has 2 heterocycles. The lowest BCUT2D eigenvalue weighted by atomic mass is 9.98. The maximum absolute atomic E-state index is 13.1. The minimum atomic E-state index is -0.662. The van der Waals surface area contributed by atoms with Crippen molar-refractivity contribution in [1.82, 2.24) is 5.01 Å². The molecule has 0 bridgehead atoms. The van der Waals surface area contributed by atoms with Gasteiger partial charge in [0.2, 0.25) is 5.91 Å². The zero-order valence-electron chi connectivity index (χ0n) is 19.3. The molecule has 3 aromatic carbocycles. The minimum Gasteiger partial charge on any atom is -0.326 e. The van der Waals surface area contributed by atoms with Crippen LogP contribution < -0.4 is 5.32 Å². The van der Waals surface area contributed by atoms with Crippen molar-refractivity contribution in [3.8, 4) is 0 Å². The van der Waals surface area contributed by atoms with Gasteiger partial charge in [-0.15, -0.1) is 0 Å². The van der Waals surface area contributed by atoms with Gasteiger partial charge in [-0.05, 0) is 54.4 Å². The Morgan fingerprint density at radius 2 is 1.78 bits per heavy atom. The highest BCUT2D eigenvalue weighted by molar-refractivity contribution is 8.15. The molecule has 2 amide bonds. The first-order valence-electron chi connectivity index (χ1n) is 11.4. The van der Waals surface area contributed by atoms with Crippen molar-refractivity contribution in [1.29, 1.82) is 0 Å². The Labute approximate surface area is 217 Å². The SMILES string of the molecule is Cc1ccc(C2=NN(C3=NC(=O)[C@@H](CC(=O)Nc4ccc(F)cc4)S3)[C@@H](c3ccc(Cl)cc3)C2)cc1. The zero-order chi connectivity index (χ0) is 25.2. The molecule has 6 nitrogen and oxygen atoms in total. The van der Waals surface area contributed by atoms with E-state index in [2.05, 4.69) is 10.3 Å². The van der Waals surface area contributed by atoms with E-state index in [0.29, 0.717) is 22.3 Å². The van der Waals surface area contributed by atoms with E-state index in [1.165, 1.54) is 36.0 Å². The first-order chi connectivity index (χ1) is 17.4. The third-order valence-corrected chi connectivity index (χ3v) is 7.37. The second-order valence-electron chi connectivity index (χ2n) is 8.63. The number of hydrazone groups is 1. The second-order valence-corrected chi connectivity index (χ2v) is 10.2. The number of aryl methyl sites for hydroxylation is 1. The van der Waals surface area contributed by atoms with Crippen LogP contribution in [0, 0.1) is 12.7 Å². The molecule has 0 aliphatic carbocycles. The van der Waals surface area contributed by atoms with E-state index >= 15 is 0 Å². The van der Waals surface area contributed by atoms with Crippen LogP contribution in [0.25, 0.3) is 0 Å². The number of carbonyl (C=O) groups excluding carboxylic acids is 2. The van der Waals surface area contributed by atoms with Crippen LogP contribution in [0.5, 0.6) is 0 Å². The molecular formula is C27H22ClFN4O2S. The molecule has 2 atom stereocenters. The molecule has 9 heteroatoms. The van der Waals surface area contributed by atoms with Gasteiger partial charge in [-0.3, -0.25) is 9.59 Å². The van der Waals surface area contributed by atoms with Crippen LogP contribution in [0.4, 0.5) is 10.1 Å². The van der Waals surface area contributed by atoms with E-state index in [0.717, 1.165) is 22.4 Å². The van der Waals surface area contributed by atoms with Gasteiger partial charge < -0.3 is 5.32 Å².